The fraction of sp³-hybridized carbons (Fsp3) is 0.667. The first kappa shape index (κ1) is 15.5. The van der Waals surface area contributed by atoms with Crippen molar-refractivity contribution in [3.05, 3.63) is 21.9 Å². The fourth-order valence-electron chi connectivity index (χ4n) is 2.80. The van der Waals surface area contributed by atoms with Crippen LogP contribution in [0.2, 0.25) is 0 Å². The number of aryl methyl sites for hydroxylation is 1. The van der Waals surface area contributed by atoms with Gasteiger partial charge in [0.05, 0.1) is 18.6 Å². The molecule has 1 fully saturated rings. The number of hydrogen-bond acceptors (Lipinski definition) is 4. The second-order valence-electron chi connectivity index (χ2n) is 5.37. The van der Waals surface area contributed by atoms with E-state index in [1.54, 1.807) is 18.4 Å². The van der Waals surface area contributed by atoms with Crippen molar-refractivity contribution in [2.24, 2.45) is 5.41 Å². The SMILES string of the molecule is CCc1ccsc1CNC(=O)C1(COC)CCNCC1. The second-order valence-corrected chi connectivity index (χ2v) is 6.37. The van der Waals surface area contributed by atoms with Crippen molar-refractivity contribution in [3.8, 4) is 0 Å². The third-order valence-corrected chi connectivity index (χ3v) is 5.05. The van der Waals surface area contributed by atoms with Crippen molar-refractivity contribution in [2.45, 2.75) is 32.7 Å². The number of amides is 1. The minimum atomic E-state index is -0.358. The van der Waals surface area contributed by atoms with E-state index < -0.39 is 0 Å². The maximum absolute atomic E-state index is 12.6. The molecule has 2 rings (SSSR count). The second kappa shape index (κ2) is 7.20. The first-order valence-electron chi connectivity index (χ1n) is 7.25. The number of thiophene rings is 1. The molecule has 1 amide bonds. The average molecular weight is 296 g/mol. The van der Waals surface area contributed by atoms with E-state index in [-0.39, 0.29) is 11.3 Å². The Morgan fingerprint density at radius 2 is 2.25 bits per heavy atom. The van der Waals surface area contributed by atoms with Crippen LogP contribution in [0.4, 0.5) is 0 Å². The molecule has 0 aromatic carbocycles. The van der Waals surface area contributed by atoms with Crippen molar-refractivity contribution in [1.29, 1.82) is 0 Å². The Kier molecular flexibility index (Phi) is 5.57. The Morgan fingerprint density at radius 3 is 2.90 bits per heavy atom. The number of piperidine rings is 1. The van der Waals surface area contributed by atoms with Gasteiger partial charge in [-0.2, -0.15) is 0 Å². The lowest BCUT2D eigenvalue weighted by molar-refractivity contribution is -0.136. The summed E-state index contributed by atoms with van der Waals surface area (Å²) < 4.78 is 5.30. The summed E-state index contributed by atoms with van der Waals surface area (Å²) in [5.41, 5.74) is 0.977. The smallest absolute Gasteiger partial charge is 0.228 e. The molecular formula is C15H24N2O2S. The Bertz CT molecular complexity index is 433. The number of hydrogen-bond donors (Lipinski definition) is 2. The van der Waals surface area contributed by atoms with Gasteiger partial charge >= 0.3 is 0 Å². The molecule has 2 N–H and O–H groups in total. The molecule has 4 nitrogen and oxygen atoms in total. The van der Waals surface area contributed by atoms with Crippen LogP contribution in [-0.2, 0) is 22.5 Å². The normalized spacial score (nSPS) is 17.9. The van der Waals surface area contributed by atoms with Crippen molar-refractivity contribution in [2.75, 3.05) is 26.8 Å². The van der Waals surface area contributed by atoms with Gasteiger partial charge < -0.3 is 15.4 Å². The van der Waals surface area contributed by atoms with Gasteiger partial charge in [0.1, 0.15) is 0 Å². The topological polar surface area (TPSA) is 50.4 Å². The zero-order valence-electron chi connectivity index (χ0n) is 12.3. The van der Waals surface area contributed by atoms with E-state index in [1.807, 2.05) is 0 Å². The van der Waals surface area contributed by atoms with Crippen molar-refractivity contribution < 1.29 is 9.53 Å². The molecule has 0 unspecified atom stereocenters. The Balaban J connectivity index is 1.98. The molecule has 0 aliphatic carbocycles. The highest BCUT2D eigenvalue weighted by atomic mass is 32.1. The third kappa shape index (κ3) is 3.40. The van der Waals surface area contributed by atoms with E-state index in [9.17, 15) is 4.79 Å². The lowest BCUT2D eigenvalue weighted by atomic mass is 9.78. The van der Waals surface area contributed by atoms with Gasteiger partial charge in [-0.15, -0.1) is 11.3 Å². The first-order chi connectivity index (χ1) is 9.72. The van der Waals surface area contributed by atoms with Crippen LogP contribution < -0.4 is 10.6 Å². The number of methoxy groups -OCH3 is 1. The molecule has 0 spiro atoms. The van der Waals surface area contributed by atoms with Crippen molar-refractivity contribution in [3.63, 3.8) is 0 Å². The van der Waals surface area contributed by atoms with Crippen LogP contribution in [0, 0.1) is 5.41 Å². The predicted molar refractivity (Wildman–Crippen MR) is 82.0 cm³/mol. The first-order valence-corrected chi connectivity index (χ1v) is 8.13. The van der Waals surface area contributed by atoms with Crippen LogP contribution in [0.1, 0.15) is 30.2 Å². The standard InChI is InChI=1S/C15H24N2O2S/c1-3-12-4-9-20-13(12)10-17-14(18)15(11-19-2)5-7-16-8-6-15/h4,9,16H,3,5-8,10-11H2,1-2H3,(H,17,18). The average Bonchev–Trinajstić information content (AvgIpc) is 2.93. The molecule has 0 radical (unpaired) electrons. The summed E-state index contributed by atoms with van der Waals surface area (Å²) in [5, 5.41) is 8.52. The van der Waals surface area contributed by atoms with Gasteiger partial charge in [-0.25, -0.2) is 0 Å². The summed E-state index contributed by atoms with van der Waals surface area (Å²) in [4.78, 5) is 13.9. The van der Waals surface area contributed by atoms with Gasteiger partial charge in [0, 0.05) is 12.0 Å². The van der Waals surface area contributed by atoms with Crippen molar-refractivity contribution >= 4 is 17.2 Å². The maximum atomic E-state index is 12.6. The highest BCUT2D eigenvalue weighted by Crippen LogP contribution is 2.29. The largest absolute Gasteiger partial charge is 0.384 e. The summed E-state index contributed by atoms with van der Waals surface area (Å²) in [7, 11) is 1.67. The molecule has 1 saturated heterocycles. The maximum Gasteiger partial charge on any atom is 0.228 e. The van der Waals surface area contributed by atoms with E-state index in [4.69, 9.17) is 4.74 Å². The van der Waals surface area contributed by atoms with Gasteiger partial charge in [0.2, 0.25) is 5.91 Å². The number of carbonyl (C=O) groups is 1. The zero-order valence-corrected chi connectivity index (χ0v) is 13.1. The summed E-state index contributed by atoms with van der Waals surface area (Å²) in [6.45, 7) is 5.06. The van der Waals surface area contributed by atoms with E-state index in [2.05, 4.69) is 29.0 Å². The lowest BCUT2D eigenvalue weighted by Gasteiger charge is -2.35. The van der Waals surface area contributed by atoms with Crippen molar-refractivity contribution in [1.82, 2.24) is 10.6 Å². The molecule has 1 aromatic rings. The molecule has 1 aliphatic heterocycles. The zero-order chi connectivity index (χ0) is 14.4. The molecule has 0 bridgehead atoms. The van der Waals surface area contributed by atoms with Crippen LogP contribution in [-0.4, -0.2) is 32.7 Å². The molecule has 1 aromatic heterocycles. The Labute approximate surface area is 124 Å². The third-order valence-electron chi connectivity index (χ3n) is 4.09. The molecule has 0 saturated carbocycles. The molecular weight excluding hydrogens is 272 g/mol. The fourth-order valence-corrected chi connectivity index (χ4v) is 3.72. The molecule has 5 heteroatoms. The quantitative estimate of drug-likeness (QED) is 0.843. The van der Waals surface area contributed by atoms with Crippen LogP contribution in [0.3, 0.4) is 0 Å². The molecule has 1 aliphatic rings. The highest BCUT2D eigenvalue weighted by Gasteiger charge is 2.39. The summed E-state index contributed by atoms with van der Waals surface area (Å²) in [6.07, 6.45) is 2.71. The summed E-state index contributed by atoms with van der Waals surface area (Å²) in [5.74, 6) is 0.135. The van der Waals surface area contributed by atoms with E-state index in [0.717, 1.165) is 32.4 Å². The number of rotatable bonds is 6. The summed E-state index contributed by atoms with van der Waals surface area (Å²) >= 11 is 1.72. The van der Waals surface area contributed by atoms with Crippen LogP contribution in [0.25, 0.3) is 0 Å². The molecule has 0 atom stereocenters. The number of nitrogens with one attached hydrogen (secondary N) is 2. The molecule has 112 valence electrons. The molecule has 20 heavy (non-hydrogen) atoms. The van der Waals surface area contributed by atoms with Gasteiger partial charge in [-0.3, -0.25) is 4.79 Å². The highest BCUT2D eigenvalue weighted by molar-refractivity contribution is 7.10. The Hall–Kier alpha value is -0.910. The monoisotopic (exact) mass is 296 g/mol. The van der Waals surface area contributed by atoms with Crippen LogP contribution in [0.15, 0.2) is 11.4 Å². The van der Waals surface area contributed by atoms with E-state index in [0.29, 0.717) is 13.2 Å². The predicted octanol–water partition coefficient (Wildman–Crippen LogP) is 1.94. The van der Waals surface area contributed by atoms with E-state index >= 15 is 0 Å². The van der Waals surface area contributed by atoms with Gasteiger partial charge in [-0.05, 0) is 49.4 Å². The van der Waals surface area contributed by atoms with Gasteiger partial charge in [-0.1, -0.05) is 6.92 Å². The molecule has 2 heterocycles. The number of carbonyl (C=O) groups excluding carboxylic acids is 1. The van der Waals surface area contributed by atoms with Gasteiger partial charge in [0.25, 0.3) is 0 Å². The van der Waals surface area contributed by atoms with E-state index in [1.165, 1.54) is 10.4 Å². The van der Waals surface area contributed by atoms with Gasteiger partial charge in [0.15, 0.2) is 0 Å². The minimum Gasteiger partial charge on any atom is -0.384 e. The van der Waals surface area contributed by atoms with Crippen LogP contribution >= 0.6 is 11.3 Å². The Morgan fingerprint density at radius 1 is 1.50 bits per heavy atom. The number of ether oxygens (including phenoxy) is 1. The van der Waals surface area contributed by atoms with Crippen LogP contribution in [0.5, 0.6) is 0 Å². The summed E-state index contributed by atoms with van der Waals surface area (Å²) in [6, 6.07) is 2.14. The lowest BCUT2D eigenvalue weighted by Crippen LogP contribution is -2.49. The minimum absolute atomic E-state index is 0.135.